The van der Waals surface area contributed by atoms with Gasteiger partial charge in [-0.05, 0) is 12.0 Å². The van der Waals surface area contributed by atoms with Crippen molar-refractivity contribution in [3.8, 4) is 0 Å². The molecule has 1 aliphatic heterocycles. The molecule has 20 heavy (non-hydrogen) atoms. The van der Waals surface area contributed by atoms with Crippen LogP contribution in [0, 0.1) is 0 Å². The molecule has 0 radical (unpaired) electrons. The first-order chi connectivity index (χ1) is 9.75. The molecule has 0 saturated carbocycles. The smallest absolute Gasteiger partial charge is 0.309 e. The summed E-state index contributed by atoms with van der Waals surface area (Å²) in [7, 11) is 0. The van der Waals surface area contributed by atoms with Gasteiger partial charge in [-0.25, -0.2) is 4.98 Å². The fraction of sp³-hybridized carbons (Fsp3) is 0.385. The number of hydrogen-bond donors (Lipinski definition) is 3. The number of aromatic nitrogens is 2. The fourth-order valence-electron chi connectivity index (χ4n) is 1.78. The van der Waals surface area contributed by atoms with E-state index in [1.807, 2.05) is 6.21 Å². The van der Waals surface area contributed by atoms with E-state index >= 15 is 0 Å². The quantitative estimate of drug-likeness (QED) is 0.634. The summed E-state index contributed by atoms with van der Waals surface area (Å²) in [6.45, 7) is 0.843. The Hall–Kier alpha value is -2.44. The molecule has 0 fully saturated rings. The number of rotatable bonds is 6. The zero-order valence-electron chi connectivity index (χ0n) is 11.1. The van der Waals surface area contributed by atoms with E-state index < -0.39 is 11.8 Å². The summed E-state index contributed by atoms with van der Waals surface area (Å²) in [5.74, 6) is -1.21. The van der Waals surface area contributed by atoms with Crippen LogP contribution in [0.25, 0.3) is 0 Å². The third-order valence-electron chi connectivity index (χ3n) is 2.89. The summed E-state index contributed by atoms with van der Waals surface area (Å²) in [5, 5.41) is 5.15. The Balaban J connectivity index is 1.58. The van der Waals surface area contributed by atoms with E-state index in [0.29, 0.717) is 25.9 Å². The molecule has 0 aliphatic carbocycles. The molecule has 0 saturated heterocycles. The summed E-state index contributed by atoms with van der Waals surface area (Å²) in [4.78, 5) is 33.8. The molecule has 2 amide bonds. The van der Waals surface area contributed by atoms with Crippen molar-refractivity contribution in [2.24, 2.45) is 4.99 Å². The largest absolute Gasteiger partial charge is 0.348 e. The summed E-state index contributed by atoms with van der Waals surface area (Å²) in [6, 6.07) is 0. The molecule has 0 aromatic carbocycles. The van der Waals surface area contributed by atoms with E-state index in [4.69, 9.17) is 0 Å². The van der Waals surface area contributed by atoms with E-state index in [-0.39, 0.29) is 0 Å². The highest BCUT2D eigenvalue weighted by atomic mass is 16.2. The van der Waals surface area contributed by atoms with Crippen LogP contribution >= 0.6 is 0 Å². The molecule has 0 bridgehead atoms. The Kier molecular flexibility index (Phi) is 5.05. The van der Waals surface area contributed by atoms with Gasteiger partial charge in [0.25, 0.3) is 0 Å². The van der Waals surface area contributed by atoms with E-state index in [2.05, 4.69) is 25.6 Å². The van der Waals surface area contributed by atoms with Crippen LogP contribution in [0.5, 0.6) is 0 Å². The minimum Gasteiger partial charge on any atom is -0.348 e. The Morgan fingerprint density at radius 3 is 2.55 bits per heavy atom. The molecule has 7 heteroatoms. The monoisotopic (exact) mass is 275 g/mol. The van der Waals surface area contributed by atoms with Gasteiger partial charge in [0.05, 0.1) is 6.33 Å². The van der Waals surface area contributed by atoms with Crippen molar-refractivity contribution < 1.29 is 9.59 Å². The maximum atomic E-state index is 11.5. The van der Waals surface area contributed by atoms with Crippen LogP contribution in [0.2, 0.25) is 0 Å². The second kappa shape index (κ2) is 7.22. The molecule has 0 unspecified atom stereocenters. The second-order valence-corrected chi connectivity index (χ2v) is 4.41. The second-order valence-electron chi connectivity index (χ2n) is 4.41. The molecule has 1 aromatic rings. The van der Waals surface area contributed by atoms with Gasteiger partial charge in [0, 0.05) is 50.2 Å². The minimum absolute atomic E-state index is 0.396. The Morgan fingerprint density at radius 2 is 1.95 bits per heavy atom. The molecule has 1 aliphatic rings. The van der Waals surface area contributed by atoms with Crippen LogP contribution in [0.4, 0.5) is 0 Å². The van der Waals surface area contributed by atoms with Crippen LogP contribution in [-0.2, 0) is 16.0 Å². The molecule has 2 heterocycles. The highest BCUT2D eigenvalue weighted by Crippen LogP contribution is 2.09. The number of amides is 2. The van der Waals surface area contributed by atoms with Crippen LogP contribution in [0.15, 0.2) is 29.3 Å². The normalized spacial score (nSPS) is 13.1. The highest BCUT2D eigenvalue weighted by Gasteiger charge is 2.12. The molecule has 0 spiro atoms. The number of hydrogen-bond acceptors (Lipinski definition) is 4. The van der Waals surface area contributed by atoms with Crippen LogP contribution in [0.3, 0.4) is 0 Å². The minimum atomic E-state index is -0.610. The molecular weight excluding hydrogens is 258 g/mol. The van der Waals surface area contributed by atoms with E-state index in [1.165, 1.54) is 0 Å². The zero-order chi connectivity index (χ0) is 14.2. The number of carbonyl (C=O) groups is 2. The lowest BCUT2D eigenvalue weighted by atomic mass is 10.2. The van der Waals surface area contributed by atoms with Gasteiger partial charge in [-0.3, -0.25) is 14.6 Å². The number of aromatic amines is 1. The van der Waals surface area contributed by atoms with E-state index in [1.54, 1.807) is 18.7 Å². The maximum Gasteiger partial charge on any atom is 0.309 e. The van der Waals surface area contributed by atoms with Gasteiger partial charge in [0.2, 0.25) is 0 Å². The van der Waals surface area contributed by atoms with Crippen molar-refractivity contribution in [1.29, 1.82) is 0 Å². The molecule has 2 rings (SSSR count). The van der Waals surface area contributed by atoms with Gasteiger partial charge < -0.3 is 15.6 Å². The number of imidazole rings is 1. The van der Waals surface area contributed by atoms with Gasteiger partial charge in [-0.15, -0.1) is 0 Å². The van der Waals surface area contributed by atoms with Crippen LogP contribution in [-0.4, -0.2) is 41.1 Å². The summed E-state index contributed by atoms with van der Waals surface area (Å²) < 4.78 is 0. The predicted octanol–water partition coefficient (Wildman–Crippen LogP) is -0.0669. The number of nitrogens with zero attached hydrogens (tertiary/aromatic N) is 2. The number of H-pyrrole nitrogens is 1. The molecular formula is C13H17N5O2. The third-order valence-corrected chi connectivity index (χ3v) is 2.89. The van der Waals surface area contributed by atoms with Crippen molar-refractivity contribution in [3.05, 3.63) is 30.0 Å². The Morgan fingerprint density at radius 1 is 1.20 bits per heavy atom. The number of carbonyl (C=O) groups excluding carboxylic acids is 2. The summed E-state index contributed by atoms with van der Waals surface area (Å²) >= 11 is 0. The lowest BCUT2D eigenvalue weighted by molar-refractivity contribution is -0.139. The topological polar surface area (TPSA) is 99.2 Å². The molecule has 1 aromatic heterocycles. The van der Waals surface area contributed by atoms with Gasteiger partial charge in [-0.1, -0.05) is 0 Å². The van der Waals surface area contributed by atoms with Gasteiger partial charge in [0.15, 0.2) is 0 Å². The zero-order valence-corrected chi connectivity index (χ0v) is 11.1. The molecule has 3 N–H and O–H groups in total. The highest BCUT2D eigenvalue weighted by molar-refractivity contribution is 6.35. The lowest BCUT2D eigenvalue weighted by Crippen LogP contribution is -2.41. The molecule has 106 valence electrons. The van der Waals surface area contributed by atoms with Crippen molar-refractivity contribution in [3.63, 3.8) is 0 Å². The number of nitrogens with one attached hydrogen (secondary N) is 3. The van der Waals surface area contributed by atoms with Gasteiger partial charge in [-0.2, -0.15) is 0 Å². The average molecular weight is 275 g/mol. The number of aliphatic imine (C=N–C) groups is 1. The fourth-order valence-corrected chi connectivity index (χ4v) is 1.78. The Labute approximate surface area is 116 Å². The molecule has 0 atom stereocenters. The van der Waals surface area contributed by atoms with Crippen molar-refractivity contribution in [2.45, 2.75) is 19.3 Å². The van der Waals surface area contributed by atoms with E-state index in [9.17, 15) is 9.59 Å². The predicted molar refractivity (Wildman–Crippen MR) is 74.1 cm³/mol. The standard InChI is InChI=1S/C13H17N5O2/c19-12(16-5-2-10-1-4-14-7-10)13(20)17-6-3-11-8-15-9-18-11/h4,7-9H,1-3,5-6H2,(H,15,18)(H,16,19)(H,17,20). The van der Waals surface area contributed by atoms with Gasteiger partial charge in [0.1, 0.15) is 0 Å². The first-order valence-electron chi connectivity index (χ1n) is 6.48. The van der Waals surface area contributed by atoms with Crippen molar-refractivity contribution >= 4 is 18.0 Å². The summed E-state index contributed by atoms with van der Waals surface area (Å²) in [5.41, 5.74) is 2.07. The van der Waals surface area contributed by atoms with Crippen LogP contribution in [0.1, 0.15) is 18.5 Å². The maximum absolute atomic E-state index is 11.5. The van der Waals surface area contributed by atoms with Gasteiger partial charge >= 0.3 is 11.8 Å². The SMILES string of the molecule is O=C(NCCC1=CN=CC1)C(=O)NCCc1cnc[nH]1. The first-order valence-corrected chi connectivity index (χ1v) is 6.48. The van der Waals surface area contributed by atoms with Crippen LogP contribution < -0.4 is 10.6 Å². The average Bonchev–Trinajstić information content (AvgIpc) is 3.11. The Bertz CT molecular complexity index is 519. The van der Waals surface area contributed by atoms with E-state index in [0.717, 1.165) is 17.7 Å². The lowest BCUT2D eigenvalue weighted by Gasteiger charge is -2.06. The van der Waals surface area contributed by atoms with Crippen molar-refractivity contribution in [2.75, 3.05) is 13.1 Å². The first kappa shape index (κ1) is 14.0. The van der Waals surface area contributed by atoms with Crippen molar-refractivity contribution in [1.82, 2.24) is 20.6 Å². The summed E-state index contributed by atoms with van der Waals surface area (Å²) in [6.07, 6.45) is 9.02. The third kappa shape index (κ3) is 4.34. The molecule has 7 nitrogen and oxygen atoms in total.